The van der Waals surface area contributed by atoms with E-state index in [0.717, 1.165) is 19.3 Å². The molecule has 0 saturated carbocycles. The third-order valence-corrected chi connectivity index (χ3v) is 8.62. The van der Waals surface area contributed by atoms with Crippen molar-refractivity contribution in [2.75, 3.05) is 0 Å². The highest BCUT2D eigenvalue weighted by Gasteiger charge is 2.23. The number of hydrogen-bond acceptors (Lipinski definition) is 0. The molecule has 0 N–H and O–H groups in total. The molecular formula is C37H44. The molecule has 0 heteroatoms. The highest BCUT2D eigenvalue weighted by Crippen LogP contribution is 2.40. The van der Waals surface area contributed by atoms with Gasteiger partial charge in [-0.25, -0.2) is 0 Å². The lowest BCUT2D eigenvalue weighted by molar-refractivity contribution is 0.506. The molecule has 37 heavy (non-hydrogen) atoms. The lowest BCUT2D eigenvalue weighted by Crippen LogP contribution is -2.16. The molecule has 0 aliphatic heterocycles. The average Bonchev–Trinajstić information content (AvgIpc) is 2.90. The SMILES string of the molecule is CCC(C)(C)c1ccc(-c2ccc(C(C)(C)CC)cc2-c2ccc(C)cc2)c(Cc2ccc(C)cc2)c1. The van der Waals surface area contributed by atoms with Crippen molar-refractivity contribution < 1.29 is 0 Å². The van der Waals surface area contributed by atoms with E-state index < -0.39 is 0 Å². The third kappa shape index (κ3) is 5.90. The Hall–Kier alpha value is -3.12. The molecular weight excluding hydrogens is 444 g/mol. The third-order valence-electron chi connectivity index (χ3n) is 8.62. The van der Waals surface area contributed by atoms with Crippen LogP contribution in [-0.4, -0.2) is 0 Å². The lowest BCUT2D eigenvalue weighted by Gasteiger charge is -2.27. The van der Waals surface area contributed by atoms with E-state index in [1.807, 2.05) is 0 Å². The fraction of sp³-hybridized carbons (Fsp3) is 0.351. The summed E-state index contributed by atoms with van der Waals surface area (Å²) in [7, 11) is 0. The van der Waals surface area contributed by atoms with Crippen LogP contribution in [0.5, 0.6) is 0 Å². The molecule has 0 aliphatic carbocycles. The van der Waals surface area contributed by atoms with Crippen LogP contribution >= 0.6 is 0 Å². The van der Waals surface area contributed by atoms with Gasteiger partial charge < -0.3 is 0 Å². The summed E-state index contributed by atoms with van der Waals surface area (Å²) in [4.78, 5) is 0. The van der Waals surface area contributed by atoms with Crippen LogP contribution in [0.25, 0.3) is 22.3 Å². The van der Waals surface area contributed by atoms with Crippen molar-refractivity contribution in [1.82, 2.24) is 0 Å². The Morgan fingerprint density at radius 1 is 0.514 bits per heavy atom. The van der Waals surface area contributed by atoms with Crippen molar-refractivity contribution in [3.63, 3.8) is 0 Å². The Morgan fingerprint density at radius 2 is 1.00 bits per heavy atom. The summed E-state index contributed by atoms with van der Waals surface area (Å²) in [6, 6.07) is 32.5. The van der Waals surface area contributed by atoms with Gasteiger partial charge in [-0.1, -0.05) is 132 Å². The van der Waals surface area contributed by atoms with Gasteiger partial charge in [-0.05, 0) is 94.5 Å². The van der Waals surface area contributed by atoms with Gasteiger partial charge in [0.1, 0.15) is 0 Å². The first-order valence-electron chi connectivity index (χ1n) is 13.9. The van der Waals surface area contributed by atoms with Crippen molar-refractivity contribution in [2.24, 2.45) is 0 Å². The zero-order valence-electron chi connectivity index (χ0n) is 24.2. The first-order chi connectivity index (χ1) is 17.5. The van der Waals surface area contributed by atoms with E-state index in [9.17, 15) is 0 Å². The van der Waals surface area contributed by atoms with Crippen LogP contribution in [0.2, 0.25) is 0 Å². The highest BCUT2D eigenvalue weighted by molar-refractivity contribution is 5.86. The fourth-order valence-corrected chi connectivity index (χ4v) is 4.93. The topological polar surface area (TPSA) is 0 Å². The maximum absolute atomic E-state index is 2.47. The van der Waals surface area contributed by atoms with E-state index in [0.29, 0.717) is 0 Å². The summed E-state index contributed by atoms with van der Waals surface area (Å²) < 4.78 is 0. The van der Waals surface area contributed by atoms with Gasteiger partial charge in [-0.15, -0.1) is 0 Å². The molecule has 0 amide bonds. The van der Waals surface area contributed by atoms with Gasteiger partial charge in [0.2, 0.25) is 0 Å². The van der Waals surface area contributed by atoms with Gasteiger partial charge in [0.05, 0.1) is 0 Å². The summed E-state index contributed by atoms with van der Waals surface area (Å²) in [5.74, 6) is 0. The van der Waals surface area contributed by atoms with Crippen molar-refractivity contribution >= 4 is 0 Å². The van der Waals surface area contributed by atoms with Crippen molar-refractivity contribution in [3.05, 3.63) is 118 Å². The van der Waals surface area contributed by atoms with Crippen LogP contribution in [0, 0.1) is 13.8 Å². The summed E-state index contributed by atoms with van der Waals surface area (Å²) in [5.41, 5.74) is 13.7. The molecule has 0 radical (unpaired) electrons. The molecule has 4 rings (SSSR count). The predicted octanol–water partition coefficient (Wildman–Crippen LogP) is 10.6. The Kier molecular flexibility index (Phi) is 7.79. The molecule has 192 valence electrons. The van der Waals surface area contributed by atoms with Crippen LogP contribution in [0.4, 0.5) is 0 Å². The van der Waals surface area contributed by atoms with E-state index in [-0.39, 0.29) is 10.8 Å². The van der Waals surface area contributed by atoms with Crippen LogP contribution in [0.3, 0.4) is 0 Å². The zero-order chi connectivity index (χ0) is 26.8. The summed E-state index contributed by atoms with van der Waals surface area (Å²) in [6.45, 7) is 18.3. The second kappa shape index (κ2) is 10.7. The van der Waals surface area contributed by atoms with Gasteiger partial charge in [-0.3, -0.25) is 0 Å². The molecule has 0 aliphatic rings. The van der Waals surface area contributed by atoms with E-state index in [1.54, 1.807) is 0 Å². The molecule has 0 spiro atoms. The first kappa shape index (κ1) is 26.9. The second-order valence-corrected chi connectivity index (χ2v) is 12.1. The maximum Gasteiger partial charge on any atom is -0.00195 e. The van der Waals surface area contributed by atoms with Gasteiger partial charge in [0.15, 0.2) is 0 Å². The molecule has 0 bridgehead atoms. The Morgan fingerprint density at radius 3 is 1.54 bits per heavy atom. The largest absolute Gasteiger partial charge is 0.0646 e. The van der Waals surface area contributed by atoms with Crippen LogP contribution in [0.15, 0.2) is 84.9 Å². The quantitative estimate of drug-likeness (QED) is 0.231. The number of benzene rings is 4. The minimum atomic E-state index is 0.137. The molecule has 0 nitrogen and oxygen atoms in total. The number of hydrogen-bond donors (Lipinski definition) is 0. The molecule has 0 unspecified atom stereocenters. The molecule has 0 heterocycles. The lowest BCUT2D eigenvalue weighted by atomic mass is 9.77. The predicted molar refractivity (Wildman–Crippen MR) is 163 cm³/mol. The van der Waals surface area contributed by atoms with E-state index in [2.05, 4.69) is 140 Å². The monoisotopic (exact) mass is 488 g/mol. The van der Waals surface area contributed by atoms with Gasteiger partial charge in [0, 0.05) is 0 Å². The highest BCUT2D eigenvalue weighted by atomic mass is 14.3. The van der Waals surface area contributed by atoms with Crippen molar-refractivity contribution in [3.8, 4) is 22.3 Å². The van der Waals surface area contributed by atoms with Crippen LogP contribution < -0.4 is 0 Å². The van der Waals surface area contributed by atoms with E-state index >= 15 is 0 Å². The Bertz CT molecular complexity index is 1350. The van der Waals surface area contributed by atoms with Gasteiger partial charge in [0.25, 0.3) is 0 Å². The summed E-state index contributed by atoms with van der Waals surface area (Å²) in [5, 5.41) is 0. The Balaban J connectivity index is 1.94. The standard InChI is InChI=1S/C37H44/c1-9-36(5,6)31-19-21-33(30(24-31)23-28-15-11-26(3)12-16-28)34-22-20-32(37(7,8)10-2)25-35(34)29-17-13-27(4)14-18-29/h11-22,24-25H,9-10,23H2,1-8H3. The fourth-order valence-electron chi connectivity index (χ4n) is 4.93. The summed E-state index contributed by atoms with van der Waals surface area (Å²) >= 11 is 0. The normalized spacial score (nSPS) is 12.1. The van der Waals surface area contributed by atoms with Crippen molar-refractivity contribution in [1.29, 1.82) is 0 Å². The minimum Gasteiger partial charge on any atom is -0.0646 e. The smallest absolute Gasteiger partial charge is 0.00195 e. The minimum absolute atomic E-state index is 0.137. The molecule has 0 aromatic heterocycles. The van der Waals surface area contributed by atoms with Gasteiger partial charge in [-0.2, -0.15) is 0 Å². The Labute approximate surface area is 225 Å². The molecule has 0 saturated heterocycles. The van der Waals surface area contributed by atoms with E-state index in [1.165, 1.54) is 55.6 Å². The zero-order valence-corrected chi connectivity index (χ0v) is 24.2. The summed E-state index contributed by atoms with van der Waals surface area (Å²) in [6.07, 6.45) is 3.16. The molecule has 0 fully saturated rings. The number of aryl methyl sites for hydroxylation is 2. The van der Waals surface area contributed by atoms with Crippen LogP contribution in [-0.2, 0) is 17.3 Å². The van der Waals surface area contributed by atoms with Gasteiger partial charge >= 0.3 is 0 Å². The van der Waals surface area contributed by atoms with E-state index in [4.69, 9.17) is 0 Å². The molecule has 4 aromatic carbocycles. The molecule has 0 atom stereocenters. The number of rotatable bonds is 8. The molecule has 4 aromatic rings. The van der Waals surface area contributed by atoms with Crippen LogP contribution in [0.1, 0.15) is 87.8 Å². The van der Waals surface area contributed by atoms with Crippen molar-refractivity contribution in [2.45, 2.75) is 85.5 Å². The second-order valence-electron chi connectivity index (χ2n) is 12.1. The average molecular weight is 489 g/mol. The first-order valence-corrected chi connectivity index (χ1v) is 13.9. The maximum atomic E-state index is 2.47.